The molecule has 8 rings (SSSR count). The molecule has 5 heterocycles. The zero-order chi connectivity index (χ0) is 27.6. The number of rotatable bonds is 5. The van der Waals surface area contributed by atoms with E-state index in [2.05, 4.69) is 69.0 Å². The molecule has 41 heavy (non-hydrogen) atoms. The van der Waals surface area contributed by atoms with Crippen LogP contribution in [-0.4, -0.2) is 44.8 Å². The molecule has 8 nitrogen and oxygen atoms in total. The van der Waals surface area contributed by atoms with Crippen LogP contribution in [0.1, 0.15) is 37.7 Å². The summed E-state index contributed by atoms with van der Waals surface area (Å²) >= 11 is 0. The minimum atomic E-state index is -0.220. The quantitative estimate of drug-likeness (QED) is 0.304. The van der Waals surface area contributed by atoms with Gasteiger partial charge in [0.1, 0.15) is 11.3 Å². The Bertz CT molecular complexity index is 1750. The number of hydrogen-bond donors (Lipinski definition) is 2. The van der Waals surface area contributed by atoms with Gasteiger partial charge in [0.2, 0.25) is 0 Å². The summed E-state index contributed by atoms with van der Waals surface area (Å²) in [5.41, 5.74) is 20.4. The normalized spacial score (nSPS) is 21.2. The molecule has 1 aliphatic carbocycles. The summed E-state index contributed by atoms with van der Waals surface area (Å²) in [7, 11) is 0. The van der Waals surface area contributed by atoms with Crippen LogP contribution >= 0.6 is 0 Å². The van der Waals surface area contributed by atoms with E-state index < -0.39 is 0 Å². The van der Waals surface area contributed by atoms with Gasteiger partial charge in [0, 0.05) is 41.8 Å². The molecule has 3 aliphatic rings. The summed E-state index contributed by atoms with van der Waals surface area (Å²) < 4.78 is 8.15. The summed E-state index contributed by atoms with van der Waals surface area (Å²) in [6, 6.07) is 25.1. The zero-order valence-corrected chi connectivity index (χ0v) is 22.9. The largest absolute Gasteiger partial charge is 0.383 e. The molecule has 3 aromatic heterocycles. The number of nitrogen functional groups attached to an aromatic ring is 1. The van der Waals surface area contributed by atoms with E-state index in [1.54, 1.807) is 6.20 Å². The second-order valence-electron chi connectivity index (χ2n) is 11.7. The molecule has 0 spiro atoms. The number of morpholine rings is 1. The van der Waals surface area contributed by atoms with Gasteiger partial charge in [-0.15, -0.1) is 0 Å². The van der Waals surface area contributed by atoms with Crippen LogP contribution in [-0.2, 0) is 10.3 Å². The third-order valence-corrected chi connectivity index (χ3v) is 9.08. The van der Waals surface area contributed by atoms with E-state index in [-0.39, 0.29) is 5.54 Å². The minimum Gasteiger partial charge on any atom is -0.383 e. The maximum Gasteiger partial charge on any atom is 0.165 e. The SMILES string of the molecule is Nc1ncccc1-c1nc2ccc(-c3cccc(N4CC5CCC(C4)O5)c3)nc2n1-c1ccc(C2(N)CCC2)cc1. The summed E-state index contributed by atoms with van der Waals surface area (Å²) in [5, 5.41) is 0. The van der Waals surface area contributed by atoms with Gasteiger partial charge < -0.3 is 21.1 Å². The molecule has 2 unspecified atom stereocenters. The number of ether oxygens (including phenoxy) is 1. The molecular formula is C33H33N7O. The molecule has 4 N–H and O–H groups in total. The Morgan fingerprint density at radius 1 is 0.854 bits per heavy atom. The Morgan fingerprint density at radius 3 is 2.39 bits per heavy atom. The van der Waals surface area contributed by atoms with E-state index >= 15 is 0 Å². The molecule has 2 aliphatic heterocycles. The summed E-state index contributed by atoms with van der Waals surface area (Å²) in [6.07, 6.45) is 7.90. The van der Waals surface area contributed by atoms with Gasteiger partial charge in [-0.25, -0.2) is 15.0 Å². The van der Waals surface area contributed by atoms with Crippen molar-refractivity contribution in [2.75, 3.05) is 23.7 Å². The second kappa shape index (κ2) is 9.39. The Hall–Kier alpha value is -4.27. The van der Waals surface area contributed by atoms with E-state index in [9.17, 15) is 0 Å². The van der Waals surface area contributed by atoms with Crippen molar-refractivity contribution in [2.45, 2.75) is 49.9 Å². The molecule has 2 saturated heterocycles. The smallest absolute Gasteiger partial charge is 0.165 e. The highest BCUT2D eigenvalue weighted by Crippen LogP contribution is 2.39. The third kappa shape index (κ3) is 4.17. The van der Waals surface area contributed by atoms with Crippen LogP contribution in [0.15, 0.2) is 79.0 Å². The number of aromatic nitrogens is 4. The number of anilines is 2. The maximum atomic E-state index is 6.63. The highest BCUT2D eigenvalue weighted by atomic mass is 16.5. The summed E-state index contributed by atoms with van der Waals surface area (Å²) in [4.78, 5) is 17.0. The number of benzene rings is 2. The molecule has 3 fully saturated rings. The van der Waals surface area contributed by atoms with Crippen molar-refractivity contribution in [2.24, 2.45) is 5.73 Å². The fourth-order valence-corrected chi connectivity index (χ4v) is 6.63. The standard InChI is InChI=1S/C33H33N7O/c34-30-27(6-2-17-36-30)31-38-29-14-13-28(21-4-1-5-24(18-21)39-19-25-11-12-26(20-39)41-25)37-32(29)40(31)23-9-7-22(8-10-23)33(35)15-3-16-33/h1-2,4-10,13-14,17-18,25-26H,3,11-12,15-16,19-20,35H2,(H2,34,36). The Morgan fingerprint density at radius 2 is 1.66 bits per heavy atom. The van der Waals surface area contributed by atoms with Crippen molar-refractivity contribution in [1.82, 2.24) is 19.5 Å². The minimum absolute atomic E-state index is 0.220. The van der Waals surface area contributed by atoms with Crippen LogP contribution in [0.25, 0.3) is 39.5 Å². The van der Waals surface area contributed by atoms with Crippen molar-refractivity contribution in [3.63, 3.8) is 0 Å². The molecule has 1 saturated carbocycles. The first-order valence-corrected chi connectivity index (χ1v) is 14.6. The monoisotopic (exact) mass is 543 g/mol. The molecule has 2 bridgehead atoms. The van der Waals surface area contributed by atoms with Gasteiger partial charge in [0.05, 0.1) is 23.5 Å². The maximum absolute atomic E-state index is 6.63. The van der Waals surface area contributed by atoms with Crippen LogP contribution in [0.5, 0.6) is 0 Å². The van der Waals surface area contributed by atoms with E-state index in [0.717, 1.165) is 72.4 Å². The predicted molar refractivity (Wildman–Crippen MR) is 162 cm³/mol. The number of nitrogens with zero attached hydrogens (tertiary/aromatic N) is 5. The van der Waals surface area contributed by atoms with Gasteiger partial charge in [-0.3, -0.25) is 4.57 Å². The number of nitrogens with two attached hydrogens (primary N) is 2. The lowest BCUT2D eigenvalue weighted by molar-refractivity contribution is 0.0305. The van der Waals surface area contributed by atoms with Gasteiger partial charge >= 0.3 is 0 Å². The van der Waals surface area contributed by atoms with Crippen LogP contribution in [0, 0.1) is 0 Å². The zero-order valence-electron chi connectivity index (χ0n) is 22.9. The van der Waals surface area contributed by atoms with Gasteiger partial charge in [0.25, 0.3) is 0 Å². The first kappa shape index (κ1) is 24.5. The summed E-state index contributed by atoms with van der Waals surface area (Å²) in [6.45, 7) is 1.88. The van der Waals surface area contributed by atoms with Crippen molar-refractivity contribution >= 4 is 22.7 Å². The highest BCUT2D eigenvalue weighted by Gasteiger charge is 2.35. The van der Waals surface area contributed by atoms with E-state index in [1.807, 2.05) is 18.2 Å². The van der Waals surface area contributed by atoms with Crippen LogP contribution < -0.4 is 16.4 Å². The lowest BCUT2D eigenvalue weighted by atomic mass is 9.73. The van der Waals surface area contributed by atoms with E-state index in [0.29, 0.717) is 23.9 Å². The van der Waals surface area contributed by atoms with Crippen LogP contribution in [0.3, 0.4) is 0 Å². The number of hydrogen-bond acceptors (Lipinski definition) is 7. The third-order valence-electron chi connectivity index (χ3n) is 9.08. The van der Waals surface area contributed by atoms with E-state index in [1.165, 1.54) is 17.7 Å². The highest BCUT2D eigenvalue weighted by molar-refractivity contribution is 5.84. The predicted octanol–water partition coefficient (Wildman–Crippen LogP) is 5.44. The fraction of sp³-hybridized carbons (Fsp3) is 0.303. The summed E-state index contributed by atoms with van der Waals surface area (Å²) in [5.74, 6) is 1.15. The molecule has 8 heteroatoms. The van der Waals surface area contributed by atoms with Crippen LogP contribution in [0.4, 0.5) is 11.5 Å². The topological polar surface area (TPSA) is 108 Å². The Labute approximate surface area is 239 Å². The molecule has 2 atom stereocenters. The molecule has 0 radical (unpaired) electrons. The average Bonchev–Trinajstić information content (AvgIpc) is 3.54. The fourth-order valence-electron chi connectivity index (χ4n) is 6.63. The van der Waals surface area contributed by atoms with Gasteiger partial charge in [-0.1, -0.05) is 24.3 Å². The van der Waals surface area contributed by atoms with Gasteiger partial charge in [0.15, 0.2) is 11.5 Å². The first-order valence-electron chi connectivity index (χ1n) is 14.6. The molecule has 5 aromatic rings. The molecule has 206 valence electrons. The van der Waals surface area contributed by atoms with Gasteiger partial charge in [-0.05, 0) is 86.2 Å². The first-order chi connectivity index (χ1) is 20.0. The van der Waals surface area contributed by atoms with Crippen molar-refractivity contribution in [1.29, 1.82) is 0 Å². The number of fused-ring (bicyclic) bond motifs is 3. The lowest BCUT2D eigenvalue weighted by Crippen LogP contribution is -2.43. The Kier molecular flexibility index (Phi) is 5.62. The van der Waals surface area contributed by atoms with Crippen molar-refractivity contribution in [3.05, 3.63) is 84.6 Å². The van der Waals surface area contributed by atoms with E-state index in [4.69, 9.17) is 26.2 Å². The van der Waals surface area contributed by atoms with Crippen LogP contribution in [0.2, 0.25) is 0 Å². The number of imidazole rings is 1. The molecular weight excluding hydrogens is 510 g/mol. The Balaban J connectivity index is 1.24. The average molecular weight is 544 g/mol. The molecule has 2 aromatic carbocycles. The van der Waals surface area contributed by atoms with Gasteiger partial charge in [-0.2, -0.15) is 0 Å². The lowest BCUT2D eigenvalue weighted by Gasteiger charge is -2.38. The second-order valence-corrected chi connectivity index (χ2v) is 11.7. The van der Waals surface area contributed by atoms with Crippen molar-refractivity contribution in [3.8, 4) is 28.3 Å². The molecule has 0 amide bonds. The number of pyridine rings is 2. The van der Waals surface area contributed by atoms with Crippen molar-refractivity contribution < 1.29 is 4.74 Å².